The van der Waals surface area contributed by atoms with E-state index in [2.05, 4.69) is 13.8 Å². The smallest absolute Gasteiger partial charge is 0.462 e. The van der Waals surface area contributed by atoms with Crippen molar-refractivity contribution in [3.05, 3.63) is 0 Å². The molecule has 1 heterocycles. The van der Waals surface area contributed by atoms with Crippen LogP contribution in [0.3, 0.4) is 0 Å². The summed E-state index contributed by atoms with van der Waals surface area (Å²) in [5.74, 6) is -1.63. The summed E-state index contributed by atoms with van der Waals surface area (Å²) in [5, 5.41) is 0. The molecule has 0 aliphatic carbocycles. The number of rotatable bonds is 33. The van der Waals surface area contributed by atoms with E-state index in [4.69, 9.17) is 28.0 Å². The summed E-state index contributed by atoms with van der Waals surface area (Å²) in [6.07, 6.45) is 24.9. The van der Waals surface area contributed by atoms with Crippen LogP contribution < -0.4 is 0 Å². The van der Waals surface area contributed by atoms with Gasteiger partial charge in [0.25, 0.3) is 0 Å². The van der Waals surface area contributed by atoms with Gasteiger partial charge < -0.3 is 23.8 Å². The summed E-state index contributed by atoms with van der Waals surface area (Å²) in [6.45, 7) is 7.27. The van der Waals surface area contributed by atoms with Crippen molar-refractivity contribution in [3.63, 3.8) is 0 Å². The van der Waals surface area contributed by atoms with Crippen LogP contribution in [0.1, 0.15) is 182 Å². The van der Waals surface area contributed by atoms with Crippen LogP contribution in [-0.2, 0) is 42.1 Å². The highest BCUT2D eigenvalue weighted by Crippen LogP contribution is 2.44. The van der Waals surface area contributed by atoms with Crippen LogP contribution in [0, 0.1) is 0 Å². The molecular formula is C37H71O10P. The Morgan fingerprint density at radius 1 is 0.688 bits per heavy atom. The summed E-state index contributed by atoms with van der Waals surface area (Å²) in [5.41, 5.74) is 0. The molecule has 3 unspecified atom stereocenters. The third kappa shape index (κ3) is 26.8. The molecule has 0 aromatic rings. The van der Waals surface area contributed by atoms with Crippen molar-refractivity contribution in [2.24, 2.45) is 0 Å². The molecule has 0 aromatic heterocycles. The van der Waals surface area contributed by atoms with E-state index in [1.807, 2.05) is 0 Å². The van der Waals surface area contributed by atoms with Gasteiger partial charge in [-0.05, 0) is 26.7 Å². The minimum atomic E-state index is -4.49. The molecule has 1 saturated heterocycles. The molecular weight excluding hydrogens is 635 g/mol. The molecule has 1 fully saturated rings. The molecule has 10 nitrogen and oxygen atoms in total. The molecule has 0 bridgehead atoms. The Morgan fingerprint density at radius 3 is 1.56 bits per heavy atom. The number of carbonyl (C=O) groups excluding carboxylic acids is 2. The van der Waals surface area contributed by atoms with Crippen LogP contribution in [0.15, 0.2) is 0 Å². The van der Waals surface area contributed by atoms with E-state index >= 15 is 0 Å². The predicted octanol–water partition coefficient (Wildman–Crippen LogP) is 10.1. The second-order valence-electron chi connectivity index (χ2n) is 13.9. The van der Waals surface area contributed by atoms with E-state index in [0.29, 0.717) is 6.42 Å². The second kappa shape index (κ2) is 28.6. The average Bonchev–Trinajstić information content (AvgIpc) is 3.41. The monoisotopic (exact) mass is 706 g/mol. The summed E-state index contributed by atoms with van der Waals surface area (Å²) in [7, 11) is -4.49. The molecule has 3 atom stereocenters. The summed E-state index contributed by atoms with van der Waals surface area (Å²) in [6, 6.07) is 0. The summed E-state index contributed by atoms with van der Waals surface area (Å²) >= 11 is 0. The topological polar surface area (TPSA) is 127 Å². The standard InChI is InChI=1S/C37H71O10P/c1-5-7-9-11-13-15-17-19-21-23-25-27-35(38)42-29-33(31-44-48(40,41)45-32-34-30-43-37(3,4)47-34)46-36(39)28-26-24-22-20-18-16-14-12-10-8-6-2/h33-34H,5-32H2,1-4H3,(H,40,41). The quantitative estimate of drug-likeness (QED) is 0.0400. The molecule has 0 aromatic carbocycles. The third-order valence-electron chi connectivity index (χ3n) is 8.61. The highest BCUT2D eigenvalue weighted by Gasteiger charge is 2.35. The minimum Gasteiger partial charge on any atom is -0.462 e. The fourth-order valence-corrected chi connectivity index (χ4v) is 6.51. The molecule has 0 saturated carbocycles. The second-order valence-corrected chi connectivity index (χ2v) is 15.3. The average molecular weight is 707 g/mol. The molecule has 0 amide bonds. The Bertz CT molecular complexity index is 852. The van der Waals surface area contributed by atoms with Gasteiger partial charge in [-0.25, -0.2) is 4.57 Å². The SMILES string of the molecule is CCCCCCCCCCCCCC(=O)OCC(COP(=O)(O)OCC1COC(C)(C)O1)OC(=O)CCCCCCCCCCCCC. The maximum absolute atomic E-state index is 12.6. The van der Waals surface area contributed by atoms with Crippen LogP contribution in [0.4, 0.5) is 0 Å². The normalized spacial score (nSPS) is 17.6. The molecule has 1 rings (SSSR count). The zero-order valence-corrected chi connectivity index (χ0v) is 31.9. The lowest BCUT2D eigenvalue weighted by molar-refractivity contribution is -0.161. The van der Waals surface area contributed by atoms with Crippen LogP contribution in [0.2, 0.25) is 0 Å². The lowest BCUT2D eigenvalue weighted by atomic mass is 10.1. The largest absolute Gasteiger partial charge is 0.472 e. The van der Waals surface area contributed by atoms with Gasteiger partial charge in [0, 0.05) is 12.8 Å². The summed E-state index contributed by atoms with van der Waals surface area (Å²) in [4.78, 5) is 35.3. The Hall–Kier alpha value is -1.03. The zero-order valence-electron chi connectivity index (χ0n) is 31.0. The molecule has 0 spiro atoms. The van der Waals surface area contributed by atoms with Crippen molar-refractivity contribution < 1.29 is 47.0 Å². The van der Waals surface area contributed by atoms with Gasteiger partial charge in [-0.3, -0.25) is 18.6 Å². The zero-order chi connectivity index (χ0) is 35.4. The lowest BCUT2D eigenvalue weighted by Crippen LogP contribution is -2.30. The maximum atomic E-state index is 12.6. The fraction of sp³-hybridized carbons (Fsp3) is 0.946. The lowest BCUT2D eigenvalue weighted by Gasteiger charge is -2.21. The Kier molecular flexibility index (Phi) is 26.8. The number of carbonyl (C=O) groups is 2. The first kappa shape index (κ1) is 45.0. The van der Waals surface area contributed by atoms with Crippen LogP contribution in [0.5, 0.6) is 0 Å². The fourth-order valence-electron chi connectivity index (χ4n) is 5.72. The number of unbranched alkanes of at least 4 members (excludes halogenated alkanes) is 20. The number of ether oxygens (including phenoxy) is 4. The Balaban J connectivity index is 2.37. The van der Waals surface area contributed by atoms with Gasteiger partial charge in [0.15, 0.2) is 11.9 Å². The van der Waals surface area contributed by atoms with Crippen molar-refractivity contribution in [2.45, 2.75) is 200 Å². The van der Waals surface area contributed by atoms with Crippen LogP contribution in [0.25, 0.3) is 0 Å². The third-order valence-corrected chi connectivity index (χ3v) is 9.56. The van der Waals surface area contributed by atoms with Crippen molar-refractivity contribution in [1.82, 2.24) is 0 Å². The number of phosphoric acid groups is 1. The van der Waals surface area contributed by atoms with Gasteiger partial charge in [0.05, 0.1) is 19.8 Å². The molecule has 0 radical (unpaired) electrons. The Labute approximate surface area is 292 Å². The van der Waals surface area contributed by atoms with E-state index in [1.54, 1.807) is 13.8 Å². The van der Waals surface area contributed by atoms with Gasteiger partial charge in [-0.15, -0.1) is 0 Å². The van der Waals surface area contributed by atoms with E-state index in [9.17, 15) is 19.0 Å². The first-order chi connectivity index (χ1) is 23.1. The first-order valence-corrected chi connectivity index (χ1v) is 20.8. The van der Waals surface area contributed by atoms with Gasteiger partial charge in [0.1, 0.15) is 12.7 Å². The molecule has 48 heavy (non-hydrogen) atoms. The van der Waals surface area contributed by atoms with Crippen LogP contribution in [-0.4, -0.2) is 61.3 Å². The van der Waals surface area contributed by atoms with Gasteiger partial charge in [0.2, 0.25) is 0 Å². The highest BCUT2D eigenvalue weighted by atomic mass is 31.2. The molecule has 1 N–H and O–H groups in total. The number of phosphoric ester groups is 1. The van der Waals surface area contributed by atoms with Crippen molar-refractivity contribution in [3.8, 4) is 0 Å². The van der Waals surface area contributed by atoms with Gasteiger partial charge in [-0.2, -0.15) is 0 Å². The molecule has 1 aliphatic rings. The minimum absolute atomic E-state index is 0.200. The van der Waals surface area contributed by atoms with Crippen molar-refractivity contribution >= 4 is 19.8 Å². The van der Waals surface area contributed by atoms with Crippen molar-refractivity contribution in [2.75, 3.05) is 26.4 Å². The van der Waals surface area contributed by atoms with Crippen molar-refractivity contribution in [1.29, 1.82) is 0 Å². The van der Waals surface area contributed by atoms with E-state index in [0.717, 1.165) is 38.5 Å². The number of hydrogen-bond acceptors (Lipinski definition) is 9. The predicted molar refractivity (Wildman–Crippen MR) is 190 cm³/mol. The number of hydrogen-bond donors (Lipinski definition) is 1. The van der Waals surface area contributed by atoms with E-state index < -0.39 is 38.4 Å². The van der Waals surface area contributed by atoms with E-state index in [-0.39, 0.29) is 38.6 Å². The highest BCUT2D eigenvalue weighted by molar-refractivity contribution is 7.47. The van der Waals surface area contributed by atoms with Gasteiger partial charge >= 0.3 is 19.8 Å². The van der Waals surface area contributed by atoms with E-state index in [1.165, 1.54) is 96.3 Å². The Morgan fingerprint density at radius 2 is 1.12 bits per heavy atom. The maximum Gasteiger partial charge on any atom is 0.472 e. The molecule has 284 valence electrons. The molecule has 11 heteroatoms. The first-order valence-electron chi connectivity index (χ1n) is 19.4. The van der Waals surface area contributed by atoms with Crippen LogP contribution >= 0.6 is 7.82 Å². The van der Waals surface area contributed by atoms with Gasteiger partial charge in [-0.1, -0.05) is 142 Å². The summed E-state index contributed by atoms with van der Waals surface area (Å²) < 4.78 is 44.7. The number of esters is 2. The molecule has 1 aliphatic heterocycles.